The van der Waals surface area contributed by atoms with Gasteiger partial charge in [-0.2, -0.15) is 0 Å². The molecule has 0 unspecified atom stereocenters. The fourth-order valence-corrected chi connectivity index (χ4v) is 3.56. The molecule has 0 bridgehead atoms. The van der Waals surface area contributed by atoms with Crippen LogP contribution in [0.2, 0.25) is 5.02 Å². The smallest absolute Gasteiger partial charge is 0.343 e. The Balaban J connectivity index is 1.47. The molecular formula is C28H18ClNO3. The second-order valence-electron chi connectivity index (χ2n) is 7.36. The molecule has 4 aromatic carbocycles. The van der Waals surface area contributed by atoms with Crippen LogP contribution in [0.1, 0.15) is 10.4 Å². The third kappa shape index (κ3) is 4.71. The molecular weight excluding hydrogens is 434 g/mol. The average molecular weight is 452 g/mol. The molecule has 33 heavy (non-hydrogen) atoms. The summed E-state index contributed by atoms with van der Waals surface area (Å²) in [6.45, 7) is 0. The lowest BCUT2D eigenvalue weighted by Crippen LogP contribution is -2.08. The van der Waals surface area contributed by atoms with Gasteiger partial charge in [0, 0.05) is 22.0 Å². The third-order valence-electron chi connectivity index (χ3n) is 5.09. The van der Waals surface area contributed by atoms with E-state index in [1.807, 2.05) is 72.8 Å². The standard InChI is InChI=1S/C28H18ClNO3/c29-21-12-10-20(11-13-21)28(31)32-23-16-14-22(15-17-23)30-25-18-27(19-6-2-1-3-7-19)33-26-9-5-4-8-24(25)26/h1-18H. The topological polar surface area (TPSA) is 51.8 Å². The first kappa shape index (κ1) is 20.7. The van der Waals surface area contributed by atoms with Gasteiger partial charge in [-0.1, -0.05) is 54.1 Å². The number of benzene rings is 4. The monoisotopic (exact) mass is 451 g/mol. The fraction of sp³-hybridized carbons (Fsp3) is 0. The zero-order valence-corrected chi connectivity index (χ0v) is 18.2. The van der Waals surface area contributed by atoms with Crippen molar-refractivity contribution in [1.29, 1.82) is 0 Å². The van der Waals surface area contributed by atoms with E-state index in [1.165, 1.54) is 0 Å². The molecule has 0 saturated heterocycles. The van der Waals surface area contributed by atoms with E-state index in [4.69, 9.17) is 25.7 Å². The van der Waals surface area contributed by atoms with Crippen molar-refractivity contribution in [3.05, 3.63) is 125 Å². The Hall–Kier alpha value is -4.15. The largest absolute Gasteiger partial charge is 0.456 e. The van der Waals surface area contributed by atoms with E-state index in [0.29, 0.717) is 16.3 Å². The Kier molecular flexibility index (Phi) is 5.75. The van der Waals surface area contributed by atoms with Crippen LogP contribution in [0.4, 0.5) is 5.69 Å². The Morgan fingerprint density at radius 1 is 0.788 bits per heavy atom. The SMILES string of the molecule is O=C(Oc1ccc(N=c2cc(-c3ccccc3)oc3ccccc23)cc1)c1ccc(Cl)cc1. The van der Waals surface area contributed by atoms with Crippen LogP contribution in [0.3, 0.4) is 0 Å². The molecule has 1 aromatic heterocycles. The van der Waals surface area contributed by atoms with Crippen molar-refractivity contribution in [2.75, 3.05) is 0 Å². The molecule has 0 atom stereocenters. The number of hydrogen-bond donors (Lipinski definition) is 0. The predicted octanol–water partition coefficient (Wildman–Crippen LogP) is 7.20. The first-order valence-electron chi connectivity index (χ1n) is 10.4. The lowest BCUT2D eigenvalue weighted by Gasteiger charge is -2.06. The molecule has 1 heterocycles. The zero-order chi connectivity index (χ0) is 22.6. The number of fused-ring (bicyclic) bond motifs is 1. The molecule has 0 radical (unpaired) electrons. The quantitative estimate of drug-likeness (QED) is 0.214. The highest BCUT2D eigenvalue weighted by Crippen LogP contribution is 2.23. The van der Waals surface area contributed by atoms with Gasteiger partial charge in [0.25, 0.3) is 0 Å². The van der Waals surface area contributed by atoms with E-state index in [1.54, 1.807) is 36.4 Å². The van der Waals surface area contributed by atoms with Gasteiger partial charge < -0.3 is 9.15 Å². The molecule has 0 aliphatic carbocycles. The average Bonchev–Trinajstić information content (AvgIpc) is 2.86. The van der Waals surface area contributed by atoms with Gasteiger partial charge in [-0.25, -0.2) is 9.79 Å². The summed E-state index contributed by atoms with van der Waals surface area (Å²) in [5, 5.41) is 2.27. The summed E-state index contributed by atoms with van der Waals surface area (Å²) >= 11 is 5.87. The first-order valence-corrected chi connectivity index (χ1v) is 10.7. The van der Waals surface area contributed by atoms with Crippen molar-refractivity contribution in [2.24, 2.45) is 4.99 Å². The van der Waals surface area contributed by atoms with Gasteiger partial charge in [-0.3, -0.25) is 0 Å². The number of esters is 1. The Bertz CT molecular complexity index is 1490. The normalized spacial score (nSPS) is 11.5. The lowest BCUT2D eigenvalue weighted by molar-refractivity contribution is 0.0735. The summed E-state index contributed by atoms with van der Waals surface area (Å²) in [5.41, 5.74) is 2.90. The second-order valence-corrected chi connectivity index (χ2v) is 7.80. The minimum atomic E-state index is -0.445. The van der Waals surface area contributed by atoms with Crippen LogP contribution in [-0.2, 0) is 0 Å². The number of ether oxygens (including phenoxy) is 1. The molecule has 5 aromatic rings. The molecule has 0 fully saturated rings. The summed E-state index contributed by atoms with van der Waals surface area (Å²) in [6.07, 6.45) is 0. The van der Waals surface area contributed by atoms with E-state index < -0.39 is 5.97 Å². The minimum absolute atomic E-state index is 0.432. The lowest BCUT2D eigenvalue weighted by atomic mass is 10.1. The molecule has 0 amide bonds. The van der Waals surface area contributed by atoms with Gasteiger partial charge in [0.05, 0.1) is 16.6 Å². The van der Waals surface area contributed by atoms with Crippen LogP contribution >= 0.6 is 11.6 Å². The van der Waals surface area contributed by atoms with Gasteiger partial charge in [0.1, 0.15) is 17.1 Å². The predicted molar refractivity (Wildman–Crippen MR) is 130 cm³/mol. The molecule has 5 heteroatoms. The molecule has 160 valence electrons. The number of para-hydroxylation sites is 1. The minimum Gasteiger partial charge on any atom is -0.456 e. The highest BCUT2D eigenvalue weighted by atomic mass is 35.5. The zero-order valence-electron chi connectivity index (χ0n) is 17.4. The summed E-state index contributed by atoms with van der Waals surface area (Å²) in [6, 6.07) is 33.3. The molecule has 0 aliphatic heterocycles. The van der Waals surface area contributed by atoms with Gasteiger partial charge in [-0.05, 0) is 60.7 Å². The van der Waals surface area contributed by atoms with Crippen LogP contribution in [0.25, 0.3) is 22.3 Å². The van der Waals surface area contributed by atoms with E-state index in [2.05, 4.69) is 0 Å². The molecule has 0 saturated carbocycles. The maximum atomic E-state index is 12.3. The maximum absolute atomic E-state index is 12.3. The second kappa shape index (κ2) is 9.15. The van der Waals surface area contributed by atoms with Crippen molar-refractivity contribution in [1.82, 2.24) is 0 Å². The Morgan fingerprint density at radius 3 is 2.24 bits per heavy atom. The van der Waals surface area contributed by atoms with Crippen LogP contribution < -0.4 is 10.1 Å². The molecule has 0 spiro atoms. The van der Waals surface area contributed by atoms with E-state index >= 15 is 0 Å². The highest BCUT2D eigenvalue weighted by molar-refractivity contribution is 6.30. The summed E-state index contributed by atoms with van der Waals surface area (Å²) in [7, 11) is 0. The van der Waals surface area contributed by atoms with Crippen LogP contribution in [0.5, 0.6) is 5.75 Å². The van der Waals surface area contributed by atoms with E-state index in [-0.39, 0.29) is 0 Å². The van der Waals surface area contributed by atoms with Crippen molar-refractivity contribution in [3.63, 3.8) is 0 Å². The number of halogens is 1. The summed E-state index contributed by atoms with van der Waals surface area (Å²) < 4.78 is 11.6. The Labute approximate surface area is 195 Å². The first-order chi connectivity index (χ1) is 16.2. The van der Waals surface area contributed by atoms with Gasteiger partial charge in [0.15, 0.2) is 0 Å². The highest BCUT2D eigenvalue weighted by Gasteiger charge is 2.09. The Morgan fingerprint density at radius 2 is 1.48 bits per heavy atom. The van der Waals surface area contributed by atoms with Gasteiger partial charge >= 0.3 is 5.97 Å². The van der Waals surface area contributed by atoms with Crippen molar-refractivity contribution >= 4 is 34.2 Å². The van der Waals surface area contributed by atoms with Gasteiger partial charge in [0.2, 0.25) is 0 Å². The number of hydrogen-bond acceptors (Lipinski definition) is 4. The summed E-state index contributed by atoms with van der Waals surface area (Å²) in [5.74, 6) is 0.730. The molecule has 0 aliphatic rings. The van der Waals surface area contributed by atoms with Gasteiger partial charge in [-0.15, -0.1) is 0 Å². The van der Waals surface area contributed by atoms with Crippen molar-refractivity contribution < 1.29 is 13.9 Å². The van der Waals surface area contributed by atoms with Crippen LogP contribution in [0, 0.1) is 0 Å². The number of rotatable bonds is 4. The van der Waals surface area contributed by atoms with E-state index in [9.17, 15) is 4.79 Å². The fourth-order valence-electron chi connectivity index (χ4n) is 3.43. The number of carbonyl (C=O) groups excluding carboxylic acids is 1. The van der Waals surface area contributed by atoms with E-state index in [0.717, 1.165) is 33.3 Å². The van der Waals surface area contributed by atoms with Crippen LogP contribution in [-0.4, -0.2) is 5.97 Å². The maximum Gasteiger partial charge on any atom is 0.343 e. The number of nitrogens with zero attached hydrogens (tertiary/aromatic N) is 1. The number of carbonyl (C=O) groups is 1. The molecule has 5 rings (SSSR count). The van der Waals surface area contributed by atoms with Crippen molar-refractivity contribution in [2.45, 2.75) is 0 Å². The third-order valence-corrected chi connectivity index (χ3v) is 5.34. The van der Waals surface area contributed by atoms with Crippen molar-refractivity contribution in [3.8, 4) is 17.1 Å². The summed E-state index contributed by atoms with van der Waals surface area (Å²) in [4.78, 5) is 17.1. The molecule has 4 nitrogen and oxygen atoms in total. The molecule has 0 N–H and O–H groups in total. The van der Waals surface area contributed by atoms with Crippen LogP contribution in [0.15, 0.2) is 119 Å².